The fourth-order valence-electron chi connectivity index (χ4n) is 2.67. The van der Waals surface area contributed by atoms with Crippen LogP contribution in [-0.4, -0.2) is 24.0 Å². The molecule has 2 aromatic carbocycles. The minimum Gasteiger partial charge on any atom is -0.471 e. The Morgan fingerprint density at radius 3 is 2.11 bits per heavy atom. The number of sulfone groups is 1. The summed E-state index contributed by atoms with van der Waals surface area (Å²) in [5.74, 6) is 0.0495. The Kier molecular flexibility index (Phi) is 5.09. The van der Waals surface area contributed by atoms with Crippen LogP contribution in [0.25, 0.3) is 11.0 Å². The van der Waals surface area contributed by atoms with Crippen molar-refractivity contribution in [3.63, 3.8) is 0 Å². The first kappa shape index (κ1) is 19.8. The molecule has 0 aliphatic carbocycles. The number of aryl methyl sites for hydroxylation is 1. The Hall–Kier alpha value is -2.98. The van der Waals surface area contributed by atoms with Gasteiger partial charge in [0.15, 0.2) is 5.25 Å². The van der Waals surface area contributed by atoms with Crippen LogP contribution < -0.4 is 4.74 Å². The Balaban J connectivity index is 2.22. The molecule has 0 fully saturated rings. The number of rotatable bonds is 4. The topological polar surface area (TPSA) is 92.9 Å². The molecule has 0 bridgehead atoms. The molecule has 3 rings (SSSR count). The summed E-state index contributed by atoms with van der Waals surface area (Å²) in [5, 5.41) is 8.24. The third-order valence-electron chi connectivity index (χ3n) is 3.99. The number of benzene rings is 2. The lowest BCUT2D eigenvalue weighted by Crippen LogP contribution is -2.26. The summed E-state index contributed by atoms with van der Waals surface area (Å²) in [4.78, 5) is 8.96. The van der Waals surface area contributed by atoms with Gasteiger partial charge >= 0.3 is 0 Å². The Morgan fingerprint density at radius 2 is 1.57 bits per heavy atom. The average molecular weight is 395 g/mol. The summed E-state index contributed by atoms with van der Waals surface area (Å²) in [6.45, 7) is 7.33. The van der Waals surface area contributed by atoms with E-state index in [0.29, 0.717) is 11.0 Å². The van der Waals surface area contributed by atoms with E-state index < -0.39 is 20.7 Å². The van der Waals surface area contributed by atoms with Gasteiger partial charge in [0.1, 0.15) is 11.3 Å². The van der Waals surface area contributed by atoms with Crippen LogP contribution in [0.1, 0.15) is 37.3 Å². The smallest absolute Gasteiger partial charge is 0.239 e. The molecule has 1 heterocycles. The van der Waals surface area contributed by atoms with E-state index in [2.05, 4.69) is 9.97 Å². The second kappa shape index (κ2) is 7.21. The number of hydrogen-bond acceptors (Lipinski definition) is 6. The Morgan fingerprint density at radius 1 is 1.00 bits per heavy atom. The van der Waals surface area contributed by atoms with E-state index in [4.69, 9.17) is 4.74 Å². The third kappa shape index (κ3) is 3.97. The average Bonchev–Trinajstić information content (AvgIpc) is 2.61. The zero-order valence-electron chi connectivity index (χ0n) is 16.2. The maximum atomic E-state index is 13.2. The quantitative estimate of drug-likeness (QED) is 0.659. The summed E-state index contributed by atoms with van der Waals surface area (Å²) in [7, 11) is -4.01. The third-order valence-corrected chi connectivity index (χ3v) is 5.87. The summed E-state index contributed by atoms with van der Waals surface area (Å²) < 4.78 is 32.3. The molecule has 3 aromatic rings. The molecule has 7 heteroatoms. The highest BCUT2D eigenvalue weighted by Gasteiger charge is 2.35. The summed E-state index contributed by atoms with van der Waals surface area (Å²) in [5.41, 5.74) is 1.35. The lowest BCUT2D eigenvalue weighted by molar-refractivity contribution is 0.122. The van der Waals surface area contributed by atoms with Crippen LogP contribution in [0.2, 0.25) is 0 Å². The first-order valence-electron chi connectivity index (χ1n) is 8.78. The van der Waals surface area contributed by atoms with Gasteiger partial charge in [0, 0.05) is 0 Å². The molecule has 144 valence electrons. The van der Waals surface area contributed by atoms with Gasteiger partial charge in [-0.05, 0) is 52.0 Å². The fourth-order valence-corrected chi connectivity index (χ4v) is 4.05. The zero-order chi connectivity index (χ0) is 20.5. The van der Waals surface area contributed by atoms with E-state index in [1.54, 1.807) is 30.3 Å². The normalized spacial score (nSPS) is 13.1. The molecule has 0 saturated carbocycles. The van der Waals surface area contributed by atoms with Crippen molar-refractivity contribution in [1.82, 2.24) is 9.97 Å². The van der Waals surface area contributed by atoms with Gasteiger partial charge in [-0.25, -0.2) is 18.4 Å². The maximum absolute atomic E-state index is 13.2. The van der Waals surface area contributed by atoms with Crippen molar-refractivity contribution >= 4 is 20.9 Å². The van der Waals surface area contributed by atoms with Gasteiger partial charge in [-0.15, -0.1) is 0 Å². The van der Waals surface area contributed by atoms with Crippen molar-refractivity contribution in [3.8, 4) is 11.9 Å². The lowest BCUT2D eigenvalue weighted by atomic mass is 10.2. The molecule has 6 nitrogen and oxygen atoms in total. The fraction of sp³-hybridized carbons (Fsp3) is 0.286. The van der Waals surface area contributed by atoms with Crippen LogP contribution in [0, 0.1) is 18.3 Å². The van der Waals surface area contributed by atoms with Gasteiger partial charge < -0.3 is 4.74 Å². The van der Waals surface area contributed by atoms with Gasteiger partial charge in [0.05, 0.1) is 22.0 Å². The van der Waals surface area contributed by atoms with Crippen LogP contribution in [-0.2, 0) is 9.84 Å². The minimum atomic E-state index is -4.01. The van der Waals surface area contributed by atoms with E-state index in [1.807, 2.05) is 39.8 Å². The number of hydrogen-bond donors (Lipinski definition) is 0. The number of nitriles is 1. The second-order valence-electron chi connectivity index (χ2n) is 7.48. The van der Waals surface area contributed by atoms with E-state index in [9.17, 15) is 13.7 Å². The van der Waals surface area contributed by atoms with Crippen LogP contribution in [0.4, 0.5) is 0 Å². The van der Waals surface area contributed by atoms with Gasteiger partial charge in [0.25, 0.3) is 0 Å². The van der Waals surface area contributed by atoms with E-state index >= 15 is 0 Å². The molecule has 1 aromatic heterocycles. The summed E-state index contributed by atoms with van der Waals surface area (Å²) >= 11 is 0. The van der Waals surface area contributed by atoms with Gasteiger partial charge in [-0.2, -0.15) is 5.26 Å². The van der Waals surface area contributed by atoms with Gasteiger partial charge in [0.2, 0.25) is 15.7 Å². The molecule has 1 unspecified atom stereocenters. The number of ether oxygens (including phenoxy) is 1. The highest BCUT2D eigenvalue weighted by Crippen LogP contribution is 2.34. The molecular weight excluding hydrogens is 374 g/mol. The molecule has 0 radical (unpaired) electrons. The van der Waals surface area contributed by atoms with Crippen molar-refractivity contribution in [2.45, 2.75) is 43.4 Å². The Bertz CT molecular complexity index is 1160. The predicted molar refractivity (Wildman–Crippen MR) is 107 cm³/mol. The molecule has 0 aliphatic heterocycles. The number of nitrogens with zero attached hydrogens (tertiary/aromatic N) is 3. The van der Waals surface area contributed by atoms with E-state index in [0.717, 1.165) is 5.56 Å². The van der Waals surface area contributed by atoms with Crippen LogP contribution in [0.15, 0.2) is 53.4 Å². The van der Waals surface area contributed by atoms with Crippen LogP contribution in [0.5, 0.6) is 5.88 Å². The van der Waals surface area contributed by atoms with E-state index in [1.165, 1.54) is 12.1 Å². The second-order valence-corrected chi connectivity index (χ2v) is 9.52. The van der Waals surface area contributed by atoms with Crippen LogP contribution >= 0.6 is 0 Å². The molecule has 0 spiro atoms. The molecule has 0 aliphatic rings. The van der Waals surface area contributed by atoms with Crippen molar-refractivity contribution in [1.29, 1.82) is 5.26 Å². The number of aromatic nitrogens is 2. The molecule has 0 saturated heterocycles. The van der Waals surface area contributed by atoms with Crippen LogP contribution in [0.3, 0.4) is 0 Å². The van der Waals surface area contributed by atoms with Gasteiger partial charge in [-0.3, -0.25) is 0 Å². The largest absolute Gasteiger partial charge is 0.471 e. The first-order valence-corrected chi connectivity index (χ1v) is 10.3. The number of fused-ring (bicyclic) bond motifs is 1. The molecule has 28 heavy (non-hydrogen) atoms. The molecular formula is C21H21N3O3S. The summed E-state index contributed by atoms with van der Waals surface area (Å²) in [6.07, 6.45) is 0. The first-order chi connectivity index (χ1) is 13.1. The summed E-state index contributed by atoms with van der Waals surface area (Å²) in [6, 6.07) is 15.3. The van der Waals surface area contributed by atoms with Crippen molar-refractivity contribution < 1.29 is 13.2 Å². The van der Waals surface area contributed by atoms with Gasteiger partial charge in [-0.1, -0.05) is 29.8 Å². The highest BCUT2D eigenvalue weighted by atomic mass is 32.2. The highest BCUT2D eigenvalue weighted by molar-refractivity contribution is 7.92. The van der Waals surface area contributed by atoms with E-state index in [-0.39, 0.29) is 16.5 Å². The number of para-hydroxylation sites is 2. The molecule has 1 atom stereocenters. The SMILES string of the molecule is Cc1ccc(S(=O)(=O)C(C#N)c2nc3ccccc3nc2OC(C)(C)C)cc1. The van der Waals surface area contributed by atoms with Crippen molar-refractivity contribution in [3.05, 3.63) is 59.8 Å². The zero-order valence-corrected chi connectivity index (χ0v) is 17.0. The lowest BCUT2D eigenvalue weighted by Gasteiger charge is -2.23. The van der Waals surface area contributed by atoms with Crippen molar-refractivity contribution in [2.24, 2.45) is 0 Å². The molecule has 0 N–H and O–H groups in total. The minimum absolute atomic E-state index is 0.00306. The predicted octanol–water partition coefficient (Wildman–Crippen LogP) is 4.15. The maximum Gasteiger partial charge on any atom is 0.239 e. The molecule has 0 amide bonds. The Labute approximate surface area is 164 Å². The monoisotopic (exact) mass is 395 g/mol. The standard InChI is InChI=1S/C21H21N3O3S/c1-14-9-11-15(12-10-14)28(25,26)18(13-22)19-20(27-21(2,3)4)24-17-8-6-5-7-16(17)23-19/h5-12,18H,1-4H3. The van der Waals surface area contributed by atoms with Crippen molar-refractivity contribution in [2.75, 3.05) is 0 Å².